The molecule has 1 fully saturated rings. The number of nitrogens with one attached hydrogen (secondary N) is 3. The second-order valence-electron chi connectivity index (χ2n) is 9.23. The quantitative estimate of drug-likeness (QED) is 0.335. The molecule has 196 valence electrons. The fourth-order valence-electron chi connectivity index (χ4n) is 4.59. The molecule has 2 heterocycles. The van der Waals surface area contributed by atoms with E-state index in [1.165, 1.54) is 0 Å². The smallest absolute Gasteiger partial charge is 0.322 e. The molecule has 4 rings (SSSR count). The van der Waals surface area contributed by atoms with Gasteiger partial charge in [0.05, 0.1) is 24.7 Å². The average molecular weight is 506 g/mol. The Morgan fingerprint density at radius 2 is 1.97 bits per heavy atom. The number of aromatic amines is 1. The molecule has 0 atom stereocenters. The van der Waals surface area contributed by atoms with Crippen molar-refractivity contribution in [3.05, 3.63) is 60.4 Å². The maximum absolute atomic E-state index is 13.5. The Kier molecular flexibility index (Phi) is 8.63. The van der Waals surface area contributed by atoms with E-state index in [2.05, 4.69) is 38.8 Å². The molecule has 1 saturated heterocycles. The number of anilines is 2. The first-order chi connectivity index (χ1) is 17.9. The minimum absolute atomic E-state index is 0.0681. The molecule has 2 aromatic carbocycles. The molecule has 37 heavy (non-hydrogen) atoms. The number of rotatable bonds is 10. The molecule has 0 spiro atoms. The normalized spacial score (nSPS) is 13.7. The number of hydrogen-bond donors (Lipinski definition) is 4. The topological polar surface area (TPSA) is 129 Å². The van der Waals surface area contributed by atoms with Gasteiger partial charge in [0.25, 0.3) is 0 Å². The number of urea groups is 1. The van der Waals surface area contributed by atoms with Crippen molar-refractivity contribution in [1.29, 1.82) is 0 Å². The monoisotopic (exact) mass is 505 g/mol. The van der Waals surface area contributed by atoms with Gasteiger partial charge in [-0.2, -0.15) is 5.10 Å². The second kappa shape index (κ2) is 12.3. The van der Waals surface area contributed by atoms with Crippen LogP contribution in [0.5, 0.6) is 5.75 Å². The highest BCUT2D eigenvalue weighted by Gasteiger charge is 2.23. The summed E-state index contributed by atoms with van der Waals surface area (Å²) < 4.78 is 5.32. The molecule has 0 unspecified atom stereocenters. The lowest BCUT2D eigenvalue weighted by atomic mass is 10.0. The number of primary amides is 1. The predicted molar refractivity (Wildman–Crippen MR) is 145 cm³/mol. The summed E-state index contributed by atoms with van der Waals surface area (Å²) in [5.41, 5.74) is 9.90. The number of aromatic nitrogens is 2. The molecular formula is C27H35N7O3. The molecule has 1 aliphatic heterocycles. The first kappa shape index (κ1) is 26.0. The van der Waals surface area contributed by atoms with Crippen molar-refractivity contribution in [2.45, 2.75) is 31.8 Å². The Hall–Kier alpha value is -4.05. The third-order valence-corrected chi connectivity index (χ3v) is 6.73. The minimum Gasteiger partial charge on any atom is -0.497 e. The Morgan fingerprint density at radius 3 is 2.68 bits per heavy atom. The number of methoxy groups -OCH3 is 1. The summed E-state index contributed by atoms with van der Waals surface area (Å²) in [4.78, 5) is 28.9. The van der Waals surface area contributed by atoms with Gasteiger partial charge in [0.15, 0.2) is 0 Å². The number of benzene rings is 2. The van der Waals surface area contributed by atoms with E-state index in [1.54, 1.807) is 18.2 Å². The summed E-state index contributed by atoms with van der Waals surface area (Å²) in [7, 11) is 3.67. The summed E-state index contributed by atoms with van der Waals surface area (Å²) in [6, 6.07) is 13.5. The maximum atomic E-state index is 13.5. The van der Waals surface area contributed by atoms with Crippen LogP contribution >= 0.6 is 0 Å². The summed E-state index contributed by atoms with van der Waals surface area (Å²) in [5.74, 6) is 0.243. The molecule has 3 aromatic rings. The van der Waals surface area contributed by atoms with Crippen LogP contribution in [0.25, 0.3) is 11.1 Å². The highest BCUT2D eigenvalue weighted by atomic mass is 16.5. The van der Waals surface area contributed by atoms with Gasteiger partial charge in [0.2, 0.25) is 5.91 Å². The second-order valence-corrected chi connectivity index (χ2v) is 9.23. The van der Waals surface area contributed by atoms with Gasteiger partial charge in [-0.3, -0.25) is 9.89 Å². The number of ether oxygens (including phenoxy) is 1. The lowest BCUT2D eigenvalue weighted by Crippen LogP contribution is -2.42. The van der Waals surface area contributed by atoms with Crippen LogP contribution in [0.1, 0.15) is 24.8 Å². The van der Waals surface area contributed by atoms with Gasteiger partial charge in [-0.1, -0.05) is 18.2 Å². The summed E-state index contributed by atoms with van der Waals surface area (Å²) in [6.07, 6.45) is 5.72. The van der Waals surface area contributed by atoms with Crippen molar-refractivity contribution in [3.63, 3.8) is 0 Å². The van der Waals surface area contributed by atoms with Gasteiger partial charge in [0, 0.05) is 44.4 Å². The van der Waals surface area contributed by atoms with Crippen LogP contribution in [0.2, 0.25) is 0 Å². The largest absolute Gasteiger partial charge is 0.497 e. The third kappa shape index (κ3) is 6.79. The molecule has 0 aliphatic carbocycles. The van der Waals surface area contributed by atoms with Crippen molar-refractivity contribution in [2.75, 3.05) is 44.0 Å². The van der Waals surface area contributed by atoms with Crippen molar-refractivity contribution < 1.29 is 14.3 Å². The Labute approximate surface area is 217 Å². The SMILES string of the molecule is COc1cccc(CN(CCC(N)=O)C(=O)Nc2ccc(-c3cn[nH]c3)cc2N(C)C2CCNCC2)c1. The van der Waals surface area contributed by atoms with E-state index in [4.69, 9.17) is 10.5 Å². The van der Waals surface area contributed by atoms with Gasteiger partial charge in [-0.15, -0.1) is 0 Å². The van der Waals surface area contributed by atoms with Crippen LogP contribution in [0.4, 0.5) is 16.2 Å². The molecule has 0 radical (unpaired) electrons. The van der Waals surface area contributed by atoms with E-state index >= 15 is 0 Å². The third-order valence-electron chi connectivity index (χ3n) is 6.73. The molecular weight excluding hydrogens is 470 g/mol. The average Bonchev–Trinajstić information content (AvgIpc) is 3.46. The van der Waals surface area contributed by atoms with Crippen LogP contribution in [-0.2, 0) is 11.3 Å². The van der Waals surface area contributed by atoms with E-state index < -0.39 is 5.91 Å². The highest BCUT2D eigenvalue weighted by molar-refractivity contribution is 5.94. The van der Waals surface area contributed by atoms with E-state index in [9.17, 15) is 9.59 Å². The lowest BCUT2D eigenvalue weighted by molar-refractivity contribution is -0.118. The van der Waals surface area contributed by atoms with Crippen LogP contribution < -0.4 is 26.0 Å². The molecule has 1 aromatic heterocycles. The summed E-state index contributed by atoms with van der Waals surface area (Å²) in [6.45, 7) is 2.42. The molecule has 1 aliphatic rings. The Morgan fingerprint density at radius 1 is 1.16 bits per heavy atom. The minimum atomic E-state index is -0.459. The number of nitrogens with two attached hydrogens (primary N) is 1. The lowest BCUT2D eigenvalue weighted by Gasteiger charge is -2.35. The van der Waals surface area contributed by atoms with Crippen molar-refractivity contribution in [1.82, 2.24) is 20.4 Å². The van der Waals surface area contributed by atoms with E-state index in [0.29, 0.717) is 24.0 Å². The zero-order valence-corrected chi connectivity index (χ0v) is 21.4. The van der Waals surface area contributed by atoms with E-state index in [-0.39, 0.29) is 19.0 Å². The van der Waals surface area contributed by atoms with Crippen LogP contribution in [0.3, 0.4) is 0 Å². The fourth-order valence-corrected chi connectivity index (χ4v) is 4.59. The molecule has 10 heteroatoms. The molecule has 3 amide bonds. The number of carbonyl (C=O) groups is 2. The predicted octanol–water partition coefficient (Wildman–Crippen LogP) is 3.18. The number of carbonyl (C=O) groups excluding carboxylic acids is 2. The Balaban J connectivity index is 1.61. The van der Waals surface area contributed by atoms with Crippen molar-refractivity contribution >= 4 is 23.3 Å². The Bertz CT molecular complexity index is 1190. The highest BCUT2D eigenvalue weighted by Crippen LogP contribution is 2.33. The number of amides is 3. The fraction of sp³-hybridized carbons (Fsp3) is 0.370. The van der Waals surface area contributed by atoms with Crippen molar-refractivity contribution in [3.8, 4) is 16.9 Å². The van der Waals surface area contributed by atoms with E-state index in [1.807, 2.05) is 42.6 Å². The summed E-state index contributed by atoms with van der Waals surface area (Å²) >= 11 is 0. The molecule has 0 saturated carbocycles. The van der Waals surface area contributed by atoms with Crippen LogP contribution in [0, 0.1) is 0 Å². The molecule has 5 N–H and O–H groups in total. The number of hydrogen-bond acceptors (Lipinski definition) is 6. The maximum Gasteiger partial charge on any atom is 0.322 e. The zero-order valence-electron chi connectivity index (χ0n) is 21.4. The van der Waals surface area contributed by atoms with E-state index in [0.717, 1.165) is 48.3 Å². The van der Waals surface area contributed by atoms with Crippen LogP contribution in [0.15, 0.2) is 54.9 Å². The summed E-state index contributed by atoms with van der Waals surface area (Å²) in [5, 5.41) is 13.4. The number of piperidine rings is 1. The van der Waals surface area contributed by atoms with Gasteiger partial charge in [0.1, 0.15) is 5.75 Å². The zero-order chi connectivity index (χ0) is 26.2. The molecule has 10 nitrogen and oxygen atoms in total. The first-order valence-corrected chi connectivity index (χ1v) is 12.5. The van der Waals surface area contributed by atoms with Crippen LogP contribution in [-0.4, -0.2) is 66.9 Å². The van der Waals surface area contributed by atoms with Gasteiger partial charge >= 0.3 is 6.03 Å². The number of H-pyrrole nitrogens is 1. The van der Waals surface area contributed by atoms with Gasteiger partial charge in [-0.25, -0.2) is 4.79 Å². The first-order valence-electron chi connectivity index (χ1n) is 12.5. The molecule has 0 bridgehead atoms. The standard InChI is InChI=1S/C27H35N7O3/c1-33(22-8-11-29-12-9-22)25-15-20(21-16-30-31-17-21)6-7-24(25)32-27(36)34(13-10-26(28)35)18-19-4-3-5-23(14-19)37-2/h3-7,14-17,22,29H,8-13,18H2,1-2H3,(H2,28,35)(H,30,31)(H,32,36). The van der Waals surface area contributed by atoms with Crippen molar-refractivity contribution in [2.24, 2.45) is 5.73 Å². The van der Waals surface area contributed by atoms with Gasteiger partial charge in [-0.05, 0) is 61.3 Å². The number of nitrogens with zero attached hydrogens (tertiary/aromatic N) is 3. The van der Waals surface area contributed by atoms with Gasteiger partial charge < -0.3 is 30.9 Å².